The van der Waals surface area contributed by atoms with Crippen molar-refractivity contribution in [2.75, 3.05) is 13.2 Å². The van der Waals surface area contributed by atoms with E-state index in [2.05, 4.69) is 15.0 Å². The van der Waals surface area contributed by atoms with Gasteiger partial charge in [-0.25, -0.2) is 4.98 Å². The Morgan fingerprint density at radius 1 is 1.25 bits per heavy atom. The number of nitrogens with one attached hydrogen (secondary N) is 1. The van der Waals surface area contributed by atoms with E-state index in [0.717, 1.165) is 5.56 Å². The lowest BCUT2D eigenvalue weighted by molar-refractivity contribution is 0.181. The van der Waals surface area contributed by atoms with Crippen LogP contribution in [0.1, 0.15) is 11.4 Å². The van der Waals surface area contributed by atoms with Gasteiger partial charge in [-0.15, -0.1) is 0 Å². The number of hydrogen-bond donors (Lipinski definition) is 2. The summed E-state index contributed by atoms with van der Waals surface area (Å²) in [6, 6.07) is 8.88. The molecule has 6 nitrogen and oxygen atoms in total. The highest BCUT2D eigenvalue weighted by atomic mass is 35.5. The van der Waals surface area contributed by atoms with Crippen molar-refractivity contribution in [3.8, 4) is 0 Å². The maximum Gasteiger partial charge on any atom is 0.258 e. The minimum absolute atomic E-state index is 0.0215. The van der Waals surface area contributed by atoms with Crippen LogP contribution in [-0.4, -0.2) is 38.1 Å². The van der Waals surface area contributed by atoms with Crippen molar-refractivity contribution >= 4 is 22.5 Å². The monoisotopic (exact) mass is 344 g/mol. The number of H-pyrrole nitrogens is 1. The van der Waals surface area contributed by atoms with Gasteiger partial charge in [-0.2, -0.15) is 0 Å². The SMILES string of the molecule is O=c1[nH]c(CN(CCO)Cc2cccnc2)nc2ccc(Cl)cc12. The molecule has 0 fully saturated rings. The largest absolute Gasteiger partial charge is 0.395 e. The molecule has 24 heavy (non-hydrogen) atoms. The summed E-state index contributed by atoms with van der Waals surface area (Å²) in [5, 5.41) is 10.3. The van der Waals surface area contributed by atoms with Crippen LogP contribution >= 0.6 is 11.6 Å². The van der Waals surface area contributed by atoms with Gasteiger partial charge in [0.25, 0.3) is 5.56 Å². The van der Waals surface area contributed by atoms with E-state index in [1.165, 1.54) is 0 Å². The van der Waals surface area contributed by atoms with Gasteiger partial charge in [0.15, 0.2) is 0 Å². The first-order valence-corrected chi connectivity index (χ1v) is 7.94. The van der Waals surface area contributed by atoms with Crippen molar-refractivity contribution in [2.45, 2.75) is 13.1 Å². The molecule has 7 heteroatoms. The molecule has 3 aromatic rings. The number of rotatable bonds is 6. The normalized spacial score (nSPS) is 11.3. The van der Waals surface area contributed by atoms with Crippen LogP contribution in [0.2, 0.25) is 5.02 Å². The molecule has 0 atom stereocenters. The Morgan fingerprint density at radius 3 is 2.88 bits per heavy atom. The highest BCUT2D eigenvalue weighted by Gasteiger charge is 2.10. The predicted octanol–water partition coefficient (Wildman–Crippen LogP) is 1.97. The summed E-state index contributed by atoms with van der Waals surface area (Å²) >= 11 is 5.92. The van der Waals surface area contributed by atoms with E-state index in [-0.39, 0.29) is 12.2 Å². The van der Waals surface area contributed by atoms with Gasteiger partial charge in [0.2, 0.25) is 0 Å². The third kappa shape index (κ3) is 3.97. The van der Waals surface area contributed by atoms with Crippen LogP contribution in [0.5, 0.6) is 0 Å². The first-order chi connectivity index (χ1) is 11.7. The Kier molecular flexibility index (Phi) is 5.20. The number of aromatic amines is 1. The van der Waals surface area contributed by atoms with Crippen LogP contribution in [-0.2, 0) is 13.1 Å². The third-order valence-electron chi connectivity index (χ3n) is 3.64. The van der Waals surface area contributed by atoms with Gasteiger partial charge in [0.05, 0.1) is 24.1 Å². The summed E-state index contributed by atoms with van der Waals surface area (Å²) in [7, 11) is 0. The lowest BCUT2D eigenvalue weighted by Crippen LogP contribution is -2.28. The van der Waals surface area contributed by atoms with Crippen LogP contribution in [0.25, 0.3) is 10.9 Å². The third-order valence-corrected chi connectivity index (χ3v) is 3.87. The topological polar surface area (TPSA) is 82.1 Å². The first kappa shape index (κ1) is 16.6. The van der Waals surface area contributed by atoms with E-state index >= 15 is 0 Å². The molecule has 0 aliphatic heterocycles. The molecule has 0 aliphatic rings. The maximum atomic E-state index is 12.2. The summed E-state index contributed by atoms with van der Waals surface area (Å²) in [5.41, 5.74) is 1.41. The van der Waals surface area contributed by atoms with E-state index in [4.69, 9.17) is 11.6 Å². The molecular weight excluding hydrogens is 328 g/mol. The molecule has 0 unspecified atom stereocenters. The second-order valence-corrected chi connectivity index (χ2v) is 5.91. The molecule has 0 amide bonds. The number of hydrogen-bond acceptors (Lipinski definition) is 5. The minimum Gasteiger partial charge on any atom is -0.395 e. The summed E-state index contributed by atoms with van der Waals surface area (Å²) in [6.45, 7) is 1.52. The molecule has 124 valence electrons. The lowest BCUT2D eigenvalue weighted by Gasteiger charge is -2.20. The quantitative estimate of drug-likeness (QED) is 0.714. The van der Waals surface area contributed by atoms with Crippen LogP contribution in [0.4, 0.5) is 0 Å². The number of aromatic nitrogens is 3. The van der Waals surface area contributed by atoms with E-state index in [9.17, 15) is 9.90 Å². The van der Waals surface area contributed by atoms with Crippen LogP contribution < -0.4 is 5.56 Å². The van der Waals surface area contributed by atoms with Gasteiger partial charge in [0.1, 0.15) is 5.82 Å². The van der Waals surface area contributed by atoms with Crippen molar-refractivity contribution in [2.24, 2.45) is 0 Å². The number of nitrogens with zero attached hydrogens (tertiary/aromatic N) is 3. The molecule has 0 saturated heterocycles. The molecule has 2 N–H and O–H groups in total. The standard InChI is InChI=1S/C17H17ClN4O2/c18-13-3-4-15-14(8-13)17(24)21-16(20-15)11-22(6-7-23)10-12-2-1-5-19-9-12/h1-5,8-9,23H,6-7,10-11H2,(H,20,21,24). The smallest absolute Gasteiger partial charge is 0.258 e. The number of fused-ring (bicyclic) bond motifs is 1. The zero-order valence-corrected chi connectivity index (χ0v) is 13.7. The molecule has 0 saturated carbocycles. The van der Waals surface area contributed by atoms with E-state index in [0.29, 0.717) is 41.4 Å². The van der Waals surface area contributed by atoms with Crippen molar-refractivity contribution in [3.63, 3.8) is 0 Å². The van der Waals surface area contributed by atoms with E-state index in [1.807, 2.05) is 17.0 Å². The number of aliphatic hydroxyl groups is 1. The van der Waals surface area contributed by atoms with Gasteiger partial charge >= 0.3 is 0 Å². The second-order valence-electron chi connectivity index (χ2n) is 5.47. The molecule has 0 aliphatic carbocycles. The maximum absolute atomic E-state index is 12.2. The summed E-state index contributed by atoms with van der Waals surface area (Å²) < 4.78 is 0. The predicted molar refractivity (Wildman–Crippen MR) is 92.8 cm³/mol. The molecule has 1 aromatic carbocycles. The molecule has 2 heterocycles. The van der Waals surface area contributed by atoms with Crippen molar-refractivity contribution in [1.82, 2.24) is 19.9 Å². The summed E-state index contributed by atoms with van der Waals surface area (Å²) in [6.07, 6.45) is 3.50. The molecule has 0 bridgehead atoms. The summed E-state index contributed by atoms with van der Waals surface area (Å²) in [4.78, 5) is 25.6. The number of pyridine rings is 1. The van der Waals surface area contributed by atoms with Crippen molar-refractivity contribution in [1.29, 1.82) is 0 Å². The Hall–Kier alpha value is -2.28. The average Bonchev–Trinajstić information content (AvgIpc) is 2.57. The van der Waals surface area contributed by atoms with Crippen molar-refractivity contribution in [3.05, 3.63) is 69.5 Å². The second kappa shape index (κ2) is 7.53. The Balaban J connectivity index is 1.85. The van der Waals surface area contributed by atoms with Crippen LogP contribution in [0, 0.1) is 0 Å². The van der Waals surface area contributed by atoms with Crippen molar-refractivity contribution < 1.29 is 5.11 Å². The fourth-order valence-corrected chi connectivity index (χ4v) is 2.72. The van der Waals surface area contributed by atoms with Gasteiger partial charge in [-0.3, -0.25) is 14.7 Å². The molecular formula is C17H17ClN4O2. The Morgan fingerprint density at radius 2 is 2.12 bits per heavy atom. The number of aliphatic hydroxyl groups excluding tert-OH is 1. The highest BCUT2D eigenvalue weighted by molar-refractivity contribution is 6.31. The van der Waals surface area contributed by atoms with Crippen LogP contribution in [0.15, 0.2) is 47.5 Å². The fraction of sp³-hybridized carbons (Fsp3) is 0.235. The molecule has 0 radical (unpaired) electrons. The molecule has 0 spiro atoms. The van der Waals surface area contributed by atoms with E-state index < -0.39 is 0 Å². The fourth-order valence-electron chi connectivity index (χ4n) is 2.55. The average molecular weight is 345 g/mol. The lowest BCUT2D eigenvalue weighted by atomic mass is 10.2. The van der Waals surface area contributed by atoms with Gasteiger partial charge in [-0.1, -0.05) is 17.7 Å². The zero-order valence-electron chi connectivity index (χ0n) is 12.9. The van der Waals surface area contributed by atoms with Gasteiger partial charge < -0.3 is 10.1 Å². The number of benzene rings is 1. The first-order valence-electron chi connectivity index (χ1n) is 7.56. The number of halogens is 1. The Labute approximate surface area is 143 Å². The summed E-state index contributed by atoms with van der Waals surface area (Å²) in [5.74, 6) is 0.548. The zero-order chi connectivity index (χ0) is 16.9. The molecule has 2 aromatic heterocycles. The minimum atomic E-state index is -0.220. The molecule has 3 rings (SSSR count). The van der Waals surface area contributed by atoms with Gasteiger partial charge in [0, 0.05) is 30.5 Å². The van der Waals surface area contributed by atoms with E-state index in [1.54, 1.807) is 30.6 Å². The van der Waals surface area contributed by atoms with Gasteiger partial charge in [-0.05, 0) is 29.8 Å². The Bertz CT molecular complexity index is 883. The van der Waals surface area contributed by atoms with Crippen LogP contribution in [0.3, 0.4) is 0 Å². The highest BCUT2D eigenvalue weighted by Crippen LogP contribution is 2.15.